The van der Waals surface area contributed by atoms with Gasteiger partial charge in [0, 0.05) is 0 Å². The summed E-state index contributed by atoms with van der Waals surface area (Å²) in [6.07, 6.45) is 3.62. The van der Waals surface area contributed by atoms with Gasteiger partial charge < -0.3 is 10.5 Å². The van der Waals surface area contributed by atoms with E-state index >= 15 is 0 Å². The molecule has 0 aliphatic rings. The molecule has 17 heavy (non-hydrogen) atoms. The van der Waals surface area contributed by atoms with Crippen molar-refractivity contribution >= 4 is 13.6 Å². The van der Waals surface area contributed by atoms with E-state index in [1.807, 2.05) is 13.8 Å². The van der Waals surface area contributed by atoms with E-state index in [1.54, 1.807) is 0 Å². The molecule has 5 nitrogen and oxygen atoms in total. The third kappa shape index (κ3) is 7.88. The summed E-state index contributed by atoms with van der Waals surface area (Å²) >= 11 is 0. The maximum Gasteiger partial charge on any atom is 0.326 e. The number of carbonyl (C=O) groups excluding carboxylic acids is 1. The van der Waals surface area contributed by atoms with Gasteiger partial charge in [-0.05, 0) is 12.8 Å². The van der Waals surface area contributed by atoms with E-state index in [9.17, 15) is 13.9 Å². The van der Waals surface area contributed by atoms with Gasteiger partial charge in [-0.3, -0.25) is 4.79 Å². The van der Waals surface area contributed by atoms with Crippen molar-refractivity contribution in [2.24, 2.45) is 5.73 Å². The molecule has 6 heteroatoms. The lowest BCUT2D eigenvalue weighted by molar-refractivity contribution is -0.144. The SMILES string of the molecule is CCCOC(=O)C(N)C=C(CCC)CP(=O)=O. The maximum absolute atomic E-state index is 11.4. The highest BCUT2D eigenvalue weighted by Crippen LogP contribution is 2.15. The van der Waals surface area contributed by atoms with Crippen molar-refractivity contribution in [2.75, 3.05) is 12.8 Å². The number of esters is 1. The monoisotopic (exact) mass is 261 g/mol. The highest BCUT2D eigenvalue weighted by molar-refractivity contribution is 7.31. The van der Waals surface area contributed by atoms with Gasteiger partial charge in [0.2, 0.25) is 0 Å². The van der Waals surface area contributed by atoms with E-state index in [0.29, 0.717) is 18.6 Å². The quantitative estimate of drug-likeness (QED) is 0.411. The first kappa shape index (κ1) is 16.1. The van der Waals surface area contributed by atoms with Crippen LogP contribution >= 0.6 is 7.68 Å². The summed E-state index contributed by atoms with van der Waals surface area (Å²) in [5.41, 5.74) is 6.29. The highest BCUT2D eigenvalue weighted by atomic mass is 31.1. The molecule has 0 fully saturated rings. The van der Waals surface area contributed by atoms with Crippen LogP contribution in [0, 0.1) is 0 Å². The van der Waals surface area contributed by atoms with Gasteiger partial charge in [-0.2, -0.15) is 0 Å². The van der Waals surface area contributed by atoms with Gasteiger partial charge >= 0.3 is 13.6 Å². The minimum Gasteiger partial charge on any atom is -0.464 e. The average Bonchev–Trinajstić information content (AvgIpc) is 2.25. The summed E-state index contributed by atoms with van der Waals surface area (Å²) in [6, 6.07) is -0.877. The van der Waals surface area contributed by atoms with E-state index < -0.39 is 19.7 Å². The molecule has 0 aliphatic carbocycles. The van der Waals surface area contributed by atoms with Crippen LogP contribution in [0.15, 0.2) is 11.6 Å². The summed E-state index contributed by atoms with van der Waals surface area (Å²) in [4.78, 5) is 11.4. The summed E-state index contributed by atoms with van der Waals surface area (Å²) < 4.78 is 26.2. The topological polar surface area (TPSA) is 86.5 Å². The van der Waals surface area contributed by atoms with E-state index in [1.165, 1.54) is 6.08 Å². The fourth-order valence-electron chi connectivity index (χ4n) is 1.32. The van der Waals surface area contributed by atoms with Gasteiger partial charge in [0.05, 0.1) is 12.8 Å². The lowest BCUT2D eigenvalue weighted by Crippen LogP contribution is -2.31. The average molecular weight is 261 g/mol. The van der Waals surface area contributed by atoms with Crippen molar-refractivity contribution in [3.05, 3.63) is 11.6 Å². The number of ether oxygens (including phenoxy) is 1. The number of allylic oxidation sites excluding steroid dienone is 1. The molecule has 0 saturated heterocycles. The summed E-state index contributed by atoms with van der Waals surface area (Å²) in [6.45, 7) is 4.16. The summed E-state index contributed by atoms with van der Waals surface area (Å²) in [7, 11) is -2.49. The van der Waals surface area contributed by atoms with Crippen molar-refractivity contribution in [1.29, 1.82) is 0 Å². The zero-order valence-electron chi connectivity index (χ0n) is 10.3. The molecule has 0 aromatic heterocycles. The Morgan fingerprint density at radius 2 is 2.00 bits per heavy atom. The first-order valence-corrected chi connectivity index (χ1v) is 7.11. The minimum absolute atomic E-state index is 0.0437. The molecule has 0 bridgehead atoms. The molecule has 0 saturated carbocycles. The second-order valence-electron chi connectivity index (χ2n) is 3.76. The Bertz CT molecular complexity index is 328. The van der Waals surface area contributed by atoms with Gasteiger partial charge in [0.1, 0.15) is 6.04 Å². The van der Waals surface area contributed by atoms with Crippen LogP contribution in [0.4, 0.5) is 0 Å². The van der Waals surface area contributed by atoms with Crippen molar-refractivity contribution in [2.45, 2.75) is 39.2 Å². The van der Waals surface area contributed by atoms with Crippen LogP contribution in [-0.4, -0.2) is 24.8 Å². The number of hydrogen-bond donors (Lipinski definition) is 1. The zero-order valence-corrected chi connectivity index (χ0v) is 11.2. The number of rotatable bonds is 8. The van der Waals surface area contributed by atoms with Crippen LogP contribution in [0.5, 0.6) is 0 Å². The molecule has 1 atom stereocenters. The molecule has 0 spiro atoms. The molecular weight excluding hydrogens is 241 g/mol. The Morgan fingerprint density at radius 3 is 2.47 bits per heavy atom. The normalized spacial score (nSPS) is 13.2. The Balaban J connectivity index is 4.50. The molecule has 1 unspecified atom stereocenters. The van der Waals surface area contributed by atoms with Crippen molar-refractivity contribution in [3.8, 4) is 0 Å². The molecule has 0 rings (SSSR count). The molecule has 2 N–H and O–H groups in total. The van der Waals surface area contributed by atoms with Crippen LogP contribution < -0.4 is 5.73 Å². The Labute approximate surface area is 102 Å². The molecule has 98 valence electrons. The highest BCUT2D eigenvalue weighted by Gasteiger charge is 2.13. The number of nitrogens with two attached hydrogens (primary N) is 1. The molecule has 0 aromatic carbocycles. The van der Waals surface area contributed by atoms with E-state index in [-0.39, 0.29) is 6.16 Å². The second kappa shape index (κ2) is 9.14. The van der Waals surface area contributed by atoms with E-state index in [4.69, 9.17) is 10.5 Å². The molecule has 0 heterocycles. The van der Waals surface area contributed by atoms with Crippen molar-refractivity contribution in [1.82, 2.24) is 0 Å². The molecule has 0 aromatic rings. The van der Waals surface area contributed by atoms with Crippen LogP contribution in [0.3, 0.4) is 0 Å². The summed E-state index contributed by atoms with van der Waals surface area (Å²) in [5.74, 6) is -0.512. The van der Waals surface area contributed by atoms with Gasteiger partial charge in [-0.25, -0.2) is 9.13 Å². The fraction of sp³-hybridized carbons (Fsp3) is 0.727. The zero-order chi connectivity index (χ0) is 13.3. The van der Waals surface area contributed by atoms with Crippen LogP contribution in [-0.2, 0) is 18.7 Å². The van der Waals surface area contributed by atoms with Gasteiger partial charge in [-0.15, -0.1) is 0 Å². The fourth-order valence-corrected chi connectivity index (χ4v) is 1.92. The third-order valence-corrected chi connectivity index (χ3v) is 2.70. The lowest BCUT2D eigenvalue weighted by Gasteiger charge is -2.09. The van der Waals surface area contributed by atoms with Crippen LogP contribution in [0.25, 0.3) is 0 Å². The molecular formula is C11H20NO4P. The Kier molecular flexibility index (Phi) is 8.64. The molecule has 0 aliphatic heterocycles. The minimum atomic E-state index is -2.49. The van der Waals surface area contributed by atoms with Crippen LogP contribution in [0.1, 0.15) is 33.1 Å². The van der Waals surface area contributed by atoms with Gasteiger partial charge in [0.25, 0.3) is 0 Å². The predicted octanol–water partition coefficient (Wildman–Crippen LogP) is 2.17. The van der Waals surface area contributed by atoms with Gasteiger partial charge in [-0.1, -0.05) is 31.9 Å². The second-order valence-corrected chi connectivity index (χ2v) is 4.74. The van der Waals surface area contributed by atoms with E-state index in [2.05, 4.69) is 0 Å². The van der Waals surface area contributed by atoms with Gasteiger partial charge in [0.15, 0.2) is 0 Å². The molecule has 0 amide bonds. The number of hydrogen-bond acceptors (Lipinski definition) is 5. The predicted molar refractivity (Wildman–Crippen MR) is 65.4 cm³/mol. The van der Waals surface area contributed by atoms with Crippen molar-refractivity contribution < 1.29 is 18.7 Å². The Morgan fingerprint density at radius 1 is 1.35 bits per heavy atom. The van der Waals surface area contributed by atoms with Crippen molar-refractivity contribution in [3.63, 3.8) is 0 Å². The summed E-state index contributed by atoms with van der Waals surface area (Å²) in [5, 5.41) is 0. The third-order valence-electron chi connectivity index (χ3n) is 2.04. The smallest absolute Gasteiger partial charge is 0.326 e. The maximum atomic E-state index is 11.4. The largest absolute Gasteiger partial charge is 0.464 e. The Hall–Kier alpha value is -0.930. The first-order chi connectivity index (χ1) is 8.01. The van der Waals surface area contributed by atoms with Crippen LogP contribution in [0.2, 0.25) is 0 Å². The lowest BCUT2D eigenvalue weighted by atomic mass is 10.1. The standard InChI is InChI=1S/C11H20NO4P/c1-3-5-9(8-17(14)15)7-10(12)11(13)16-6-4-2/h7,10H,3-6,8,12H2,1-2H3. The molecule has 0 radical (unpaired) electrons. The van der Waals surface area contributed by atoms with E-state index in [0.717, 1.165) is 12.8 Å². The first-order valence-electron chi connectivity index (χ1n) is 5.74. The number of carbonyl (C=O) groups is 1.